The highest BCUT2D eigenvalue weighted by Gasteiger charge is 2.65. The van der Waals surface area contributed by atoms with Crippen molar-refractivity contribution in [3.63, 3.8) is 0 Å². The molecule has 7 unspecified atom stereocenters. The lowest BCUT2D eigenvalue weighted by atomic mass is 9.78. The van der Waals surface area contributed by atoms with E-state index in [9.17, 15) is 9.59 Å². The number of esters is 2. The molecule has 0 aromatic heterocycles. The summed E-state index contributed by atoms with van der Waals surface area (Å²) in [6.07, 6.45) is 1.09. The van der Waals surface area contributed by atoms with Crippen LogP contribution in [-0.4, -0.2) is 51.0 Å². The number of carbonyl (C=O) groups is 2. The van der Waals surface area contributed by atoms with E-state index < -0.39 is 0 Å². The smallest absolute Gasteiger partial charge is 0.323 e. The van der Waals surface area contributed by atoms with Gasteiger partial charge < -0.3 is 19.5 Å². The van der Waals surface area contributed by atoms with Gasteiger partial charge in [0.2, 0.25) is 0 Å². The lowest BCUT2D eigenvalue weighted by molar-refractivity contribution is -0.167. The molecule has 3 aliphatic rings. The minimum atomic E-state index is -0.334. The first kappa shape index (κ1) is 17.7. The first-order valence-corrected chi connectivity index (χ1v) is 8.84. The van der Waals surface area contributed by atoms with Crippen molar-refractivity contribution in [3.05, 3.63) is 0 Å². The Kier molecular flexibility index (Phi) is 4.64. The highest BCUT2D eigenvalue weighted by molar-refractivity contribution is 5.77. The van der Waals surface area contributed by atoms with Crippen LogP contribution in [-0.2, 0) is 23.8 Å². The predicted octanol–water partition coefficient (Wildman–Crippen LogP) is 1.38. The average Bonchev–Trinajstić information content (AvgIpc) is 3.15. The zero-order chi connectivity index (χ0) is 17.6. The van der Waals surface area contributed by atoms with Gasteiger partial charge >= 0.3 is 11.9 Å². The number of hydrogen-bond donors (Lipinski definition) is 1. The van der Waals surface area contributed by atoms with Crippen LogP contribution in [0.15, 0.2) is 0 Å². The number of fused-ring (bicyclic) bond motifs is 5. The second-order valence-corrected chi connectivity index (χ2v) is 8.59. The molecule has 6 heteroatoms. The summed E-state index contributed by atoms with van der Waals surface area (Å²) in [7, 11) is 3.41. The van der Waals surface area contributed by atoms with E-state index in [-0.39, 0.29) is 59.3 Å². The number of cyclic esters (lactones) is 1. The van der Waals surface area contributed by atoms with E-state index in [2.05, 4.69) is 26.1 Å². The van der Waals surface area contributed by atoms with Crippen LogP contribution in [0.4, 0.5) is 0 Å². The fourth-order valence-corrected chi connectivity index (χ4v) is 4.87. The molecule has 2 saturated carbocycles. The van der Waals surface area contributed by atoms with Gasteiger partial charge in [0.05, 0.1) is 18.6 Å². The molecule has 24 heavy (non-hydrogen) atoms. The van der Waals surface area contributed by atoms with E-state index in [4.69, 9.17) is 14.2 Å². The average molecular weight is 339 g/mol. The highest BCUT2D eigenvalue weighted by Crippen LogP contribution is 2.56. The lowest BCUT2D eigenvalue weighted by Gasteiger charge is -2.35. The molecule has 0 radical (unpaired) electrons. The van der Waals surface area contributed by atoms with Gasteiger partial charge in [0.15, 0.2) is 0 Å². The monoisotopic (exact) mass is 339 g/mol. The molecule has 7 atom stereocenters. The van der Waals surface area contributed by atoms with Crippen molar-refractivity contribution >= 4 is 11.9 Å². The maximum absolute atomic E-state index is 12.7. The van der Waals surface area contributed by atoms with Crippen LogP contribution >= 0.6 is 0 Å². The van der Waals surface area contributed by atoms with Crippen LogP contribution in [0, 0.1) is 29.1 Å². The number of rotatable bonds is 5. The van der Waals surface area contributed by atoms with Gasteiger partial charge in [-0.3, -0.25) is 9.59 Å². The molecule has 6 nitrogen and oxygen atoms in total. The van der Waals surface area contributed by atoms with Crippen LogP contribution in [0.2, 0.25) is 0 Å². The highest BCUT2D eigenvalue weighted by atomic mass is 16.6. The quantitative estimate of drug-likeness (QED) is 0.763. The van der Waals surface area contributed by atoms with E-state index in [0.29, 0.717) is 13.0 Å². The molecule has 3 rings (SSSR count). The second-order valence-electron chi connectivity index (χ2n) is 8.59. The van der Waals surface area contributed by atoms with Crippen LogP contribution < -0.4 is 5.32 Å². The Balaban J connectivity index is 1.71. The van der Waals surface area contributed by atoms with E-state index in [0.717, 1.165) is 6.42 Å². The Labute approximate surface area is 143 Å². The second kappa shape index (κ2) is 6.30. The fourth-order valence-electron chi connectivity index (χ4n) is 4.87. The number of likely N-dealkylation sites (N-methyl/N-ethyl adjacent to an activating group) is 1. The molecule has 2 aliphatic carbocycles. The summed E-state index contributed by atoms with van der Waals surface area (Å²) in [5.41, 5.74) is 0.0266. The fraction of sp³-hybridized carbons (Fsp3) is 0.889. The normalized spacial score (nSPS) is 38.8. The van der Waals surface area contributed by atoms with Crippen LogP contribution in [0.3, 0.4) is 0 Å². The van der Waals surface area contributed by atoms with Crippen molar-refractivity contribution in [1.82, 2.24) is 5.32 Å². The van der Waals surface area contributed by atoms with Crippen LogP contribution in [0.25, 0.3) is 0 Å². The molecule has 0 aromatic rings. The summed E-state index contributed by atoms with van der Waals surface area (Å²) >= 11 is 0. The van der Waals surface area contributed by atoms with Crippen molar-refractivity contribution in [1.29, 1.82) is 0 Å². The third-order valence-electron chi connectivity index (χ3n) is 5.85. The van der Waals surface area contributed by atoms with E-state index in [1.807, 2.05) is 0 Å². The summed E-state index contributed by atoms with van der Waals surface area (Å²) in [4.78, 5) is 24.6. The SMILES string of the molecule is CNC(CC(C)(C)C)C(=O)OC1C2CC(C1OC)C1C(=O)OCC21. The molecule has 1 saturated heterocycles. The summed E-state index contributed by atoms with van der Waals surface area (Å²) in [5, 5.41) is 3.07. The summed E-state index contributed by atoms with van der Waals surface area (Å²) in [6, 6.07) is -0.334. The van der Waals surface area contributed by atoms with Gasteiger partial charge in [0.25, 0.3) is 0 Å². The largest absolute Gasteiger partial charge is 0.465 e. The third-order valence-corrected chi connectivity index (χ3v) is 5.85. The molecule has 0 spiro atoms. The maximum Gasteiger partial charge on any atom is 0.323 e. The molecule has 0 aromatic carbocycles. The summed E-state index contributed by atoms with van der Waals surface area (Å²) in [6.45, 7) is 6.76. The Morgan fingerprint density at radius 3 is 2.58 bits per heavy atom. The lowest BCUT2D eigenvalue weighted by Crippen LogP contribution is -2.48. The van der Waals surface area contributed by atoms with Crippen LogP contribution in [0.5, 0.6) is 0 Å². The molecule has 3 fully saturated rings. The summed E-state index contributed by atoms with van der Waals surface area (Å²) in [5.74, 6) is 0.0156. The first-order chi connectivity index (χ1) is 11.3. The summed E-state index contributed by atoms with van der Waals surface area (Å²) < 4.78 is 16.8. The molecule has 0 amide bonds. The van der Waals surface area contributed by atoms with Gasteiger partial charge in [-0.15, -0.1) is 0 Å². The Hall–Kier alpha value is -1.14. The van der Waals surface area contributed by atoms with Gasteiger partial charge in [-0.1, -0.05) is 20.8 Å². The molecule has 1 aliphatic heterocycles. The minimum absolute atomic E-state index is 0.0266. The van der Waals surface area contributed by atoms with Gasteiger partial charge in [-0.2, -0.15) is 0 Å². The molecule has 1 N–H and O–H groups in total. The zero-order valence-corrected chi connectivity index (χ0v) is 15.2. The number of carbonyl (C=O) groups excluding carboxylic acids is 2. The van der Waals surface area contributed by atoms with Crippen molar-refractivity contribution in [2.45, 2.75) is 51.9 Å². The van der Waals surface area contributed by atoms with Gasteiger partial charge in [0.1, 0.15) is 12.1 Å². The molecule has 136 valence electrons. The van der Waals surface area contributed by atoms with Gasteiger partial charge in [0, 0.05) is 24.9 Å². The molecule has 2 bridgehead atoms. The predicted molar refractivity (Wildman–Crippen MR) is 87.1 cm³/mol. The molecular weight excluding hydrogens is 310 g/mol. The number of nitrogens with one attached hydrogen (secondary N) is 1. The van der Waals surface area contributed by atoms with E-state index in [1.54, 1.807) is 14.2 Å². The number of ether oxygens (including phenoxy) is 3. The van der Waals surface area contributed by atoms with Gasteiger partial charge in [-0.05, 0) is 25.3 Å². The van der Waals surface area contributed by atoms with Crippen molar-refractivity contribution < 1.29 is 23.8 Å². The molecular formula is C18H29NO5. The minimum Gasteiger partial charge on any atom is -0.465 e. The third kappa shape index (κ3) is 2.94. The Morgan fingerprint density at radius 2 is 2.00 bits per heavy atom. The Morgan fingerprint density at radius 1 is 1.29 bits per heavy atom. The first-order valence-electron chi connectivity index (χ1n) is 8.84. The maximum atomic E-state index is 12.7. The molecule has 1 heterocycles. The van der Waals surface area contributed by atoms with Crippen molar-refractivity contribution in [3.8, 4) is 0 Å². The topological polar surface area (TPSA) is 73.9 Å². The zero-order valence-electron chi connectivity index (χ0n) is 15.2. The Bertz CT molecular complexity index is 514. The van der Waals surface area contributed by atoms with Gasteiger partial charge in [-0.25, -0.2) is 0 Å². The van der Waals surface area contributed by atoms with E-state index >= 15 is 0 Å². The standard InChI is InChI=1S/C18H29NO5/c1-18(2,3)7-12(19-4)16(20)24-15-9-6-10(14(15)22-5)13-11(9)8-23-17(13)21/h9-15,19H,6-8H2,1-5H3. The van der Waals surface area contributed by atoms with E-state index in [1.165, 1.54) is 0 Å². The van der Waals surface area contributed by atoms with Crippen LogP contribution in [0.1, 0.15) is 33.6 Å². The number of methoxy groups -OCH3 is 1. The van der Waals surface area contributed by atoms with Crippen molar-refractivity contribution in [2.75, 3.05) is 20.8 Å². The van der Waals surface area contributed by atoms with Crippen molar-refractivity contribution in [2.24, 2.45) is 29.1 Å². The number of hydrogen-bond acceptors (Lipinski definition) is 6.